The van der Waals surface area contributed by atoms with Crippen molar-refractivity contribution in [1.82, 2.24) is 4.90 Å². The highest BCUT2D eigenvalue weighted by molar-refractivity contribution is 5.80. The van der Waals surface area contributed by atoms with Crippen LogP contribution in [0.3, 0.4) is 0 Å². The number of carbonyl (C=O) groups excluding carboxylic acids is 1. The van der Waals surface area contributed by atoms with E-state index < -0.39 is 11.9 Å². The summed E-state index contributed by atoms with van der Waals surface area (Å²) >= 11 is 0. The van der Waals surface area contributed by atoms with Gasteiger partial charge in [0.2, 0.25) is 5.91 Å². The number of halogens is 1. The molecule has 1 aromatic rings. The van der Waals surface area contributed by atoms with E-state index in [9.17, 15) is 14.3 Å². The van der Waals surface area contributed by atoms with E-state index in [1.807, 2.05) is 11.0 Å². The summed E-state index contributed by atoms with van der Waals surface area (Å²) in [5.41, 5.74) is 0.638. The second-order valence-electron chi connectivity index (χ2n) is 6.16. The summed E-state index contributed by atoms with van der Waals surface area (Å²) < 4.78 is 13.7. The summed E-state index contributed by atoms with van der Waals surface area (Å²) in [5.74, 6) is -0.766. The number of benzene rings is 1. The summed E-state index contributed by atoms with van der Waals surface area (Å²) in [6.45, 7) is 2.19. The topological polar surface area (TPSA) is 67.6 Å². The molecule has 1 amide bonds. The highest BCUT2D eigenvalue weighted by atomic mass is 19.1. The van der Waals surface area contributed by atoms with Gasteiger partial charge in [-0.05, 0) is 31.4 Å². The van der Waals surface area contributed by atoms with Gasteiger partial charge < -0.3 is 14.9 Å². The van der Waals surface area contributed by atoms with Gasteiger partial charge in [-0.2, -0.15) is 5.26 Å². The Hall–Kier alpha value is -2.13. The molecular formula is C17H20FN3O2. The summed E-state index contributed by atoms with van der Waals surface area (Å²) in [6, 6.07) is 6.53. The number of nitriles is 1. The van der Waals surface area contributed by atoms with Crippen LogP contribution in [-0.2, 0) is 4.79 Å². The quantitative estimate of drug-likeness (QED) is 0.898. The average molecular weight is 317 g/mol. The van der Waals surface area contributed by atoms with E-state index in [2.05, 4.69) is 0 Å². The predicted octanol–water partition coefficient (Wildman–Crippen LogP) is 1.51. The van der Waals surface area contributed by atoms with Crippen LogP contribution in [-0.4, -0.2) is 48.2 Å². The number of anilines is 1. The zero-order valence-electron chi connectivity index (χ0n) is 12.9. The monoisotopic (exact) mass is 317 g/mol. The van der Waals surface area contributed by atoms with Crippen molar-refractivity contribution in [1.29, 1.82) is 5.26 Å². The van der Waals surface area contributed by atoms with Gasteiger partial charge in [0, 0.05) is 26.2 Å². The zero-order valence-corrected chi connectivity index (χ0v) is 12.9. The Morgan fingerprint density at radius 3 is 2.61 bits per heavy atom. The molecule has 0 spiro atoms. The maximum Gasteiger partial charge on any atom is 0.228 e. The van der Waals surface area contributed by atoms with Crippen molar-refractivity contribution in [3.8, 4) is 6.07 Å². The van der Waals surface area contributed by atoms with E-state index >= 15 is 0 Å². The lowest BCUT2D eigenvalue weighted by molar-refractivity contribution is -0.138. The molecule has 122 valence electrons. The van der Waals surface area contributed by atoms with Gasteiger partial charge in [-0.25, -0.2) is 4.39 Å². The predicted molar refractivity (Wildman–Crippen MR) is 83.3 cm³/mol. The first-order valence-electron chi connectivity index (χ1n) is 8.02. The van der Waals surface area contributed by atoms with E-state index in [4.69, 9.17) is 5.26 Å². The van der Waals surface area contributed by atoms with Gasteiger partial charge in [-0.1, -0.05) is 6.07 Å². The zero-order chi connectivity index (χ0) is 16.4. The Morgan fingerprint density at radius 2 is 2.00 bits per heavy atom. The van der Waals surface area contributed by atoms with Crippen LogP contribution >= 0.6 is 0 Å². The van der Waals surface area contributed by atoms with Gasteiger partial charge >= 0.3 is 0 Å². The summed E-state index contributed by atoms with van der Waals surface area (Å²) in [5, 5.41) is 19.0. The molecule has 2 aliphatic rings. The van der Waals surface area contributed by atoms with Gasteiger partial charge in [-0.3, -0.25) is 4.79 Å². The van der Waals surface area contributed by atoms with Crippen LogP contribution in [0, 0.1) is 23.1 Å². The van der Waals surface area contributed by atoms with Crippen LogP contribution in [0.2, 0.25) is 0 Å². The van der Waals surface area contributed by atoms with E-state index in [0.29, 0.717) is 38.3 Å². The third-order valence-electron chi connectivity index (χ3n) is 4.83. The molecule has 6 heteroatoms. The van der Waals surface area contributed by atoms with Crippen molar-refractivity contribution in [2.75, 3.05) is 31.1 Å². The smallest absolute Gasteiger partial charge is 0.228 e. The Kier molecular flexibility index (Phi) is 4.49. The number of hydrogen-bond donors (Lipinski definition) is 1. The molecule has 3 rings (SSSR count). The van der Waals surface area contributed by atoms with Gasteiger partial charge in [0.1, 0.15) is 17.4 Å². The molecule has 1 saturated carbocycles. The average Bonchev–Trinajstić information content (AvgIpc) is 3.00. The Morgan fingerprint density at radius 1 is 1.26 bits per heavy atom. The molecule has 0 bridgehead atoms. The molecule has 1 aliphatic heterocycles. The second-order valence-corrected chi connectivity index (χ2v) is 6.16. The van der Waals surface area contributed by atoms with Crippen LogP contribution in [0.1, 0.15) is 24.8 Å². The van der Waals surface area contributed by atoms with Gasteiger partial charge in [0.25, 0.3) is 0 Å². The van der Waals surface area contributed by atoms with E-state index in [0.717, 1.165) is 12.8 Å². The maximum absolute atomic E-state index is 13.7. The molecule has 1 saturated heterocycles. The summed E-state index contributed by atoms with van der Waals surface area (Å²) in [4.78, 5) is 16.2. The number of aliphatic hydroxyl groups is 1. The van der Waals surface area contributed by atoms with Gasteiger partial charge in [-0.15, -0.1) is 0 Å². The molecule has 2 unspecified atom stereocenters. The number of piperazine rings is 1. The first kappa shape index (κ1) is 15.8. The number of aliphatic hydroxyl groups excluding tert-OH is 1. The van der Waals surface area contributed by atoms with Crippen LogP contribution < -0.4 is 4.90 Å². The number of carbonyl (C=O) groups is 1. The largest absolute Gasteiger partial charge is 0.392 e. The molecular weight excluding hydrogens is 297 g/mol. The summed E-state index contributed by atoms with van der Waals surface area (Å²) in [7, 11) is 0. The molecule has 1 aliphatic carbocycles. The van der Waals surface area contributed by atoms with Crippen LogP contribution in [0.5, 0.6) is 0 Å². The highest BCUT2D eigenvalue weighted by Crippen LogP contribution is 2.29. The van der Waals surface area contributed by atoms with Crippen molar-refractivity contribution in [2.45, 2.75) is 25.4 Å². The standard InChI is InChI=1S/C17H20FN3O2/c18-14-4-2-5-15(13(14)11-19)20-7-9-21(10-8-20)17(23)12-3-1-6-16(12)22/h2,4-5,12,16,22H,1,3,6-10H2. The lowest BCUT2D eigenvalue weighted by Crippen LogP contribution is -2.51. The van der Waals surface area contributed by atoms with Crippen molar-refractivity contribution < 1.29 is 14.3 Å². The van der Waals surface area contributed by atoms with Gasteiger partial charge in [0.05, 0.1) is 17.7 Å². The number of nitrogens with zero attached hydrogens (tertiary/aromatic N) is 3. The number of amides is 1. The molecule has 1 N–H and O–H groups in total. The number of rotatable bonds is 2. The third-order valence-corrected chi connectivity index (χ3v) is 4.83. The van der Waals surface area contributed by atoms with Crippen LogP contribution in [0.15, 0.2) is 18.2 Å². The second kappa shape index (κ2) is 6.55. The minimum absolute atomic E-state index is 0.0226. The molecule has 5 nitrogen and oxygen atoms in total. The minimum Gasteiger partial charge on any atom is -0.392 e. The van der Waals surface area contributed by atoms with Gasteiger partial charge in [0.15, 0.2) is 0 Å². The van der Waals surface area contributed by atoms with Crippen LogP contribution in [0.25, 0.3) is 0 Å². The molecule has 1 aromatic carbocycles. The van der Waals surface area contributed by atoms with Crippen molar-refractivity contribution >= 4 is 11.6 Å². The molecule has 1 heterocycles. The first-order valence-corrected chi connectivity index (χ1v) is 8.02. The van der Waals surface area contributed by atoms with Crippen molar-refractivity contribution in [2.24, 2.45) is 5.92 Å². The summed E-state index contributed by atoms with van der Waals surface area (Å²) in [6.07, 6.45) is 1.83. The first-order chi connectivity index (χ1) is 11.1. The molecule has 0 aromatic heterocycles. The Balaban J connectivity index is 1.66. The Labute approximate surface area is 134 Å². The fourth-order valence-corrected chi connectivity index (χ4v) is 3.52. The number of hydrogen-bond acceptors (Lipinski definition) is 4. The molecule has 0 radical (unpaired) electrons. The van der Waals surface area contributed by atoms with E-state index in [1.165, 1.54) is 6.07 Å². The maximum atomic E-state index is 13.7. The lowest BCUT2D eigenvalue weighted by atomic mass is 10.0. The fraction of sp³-hybridized carbons (Fsp3) is 0.529. The van der Waals surface area contributed by atoms with E-state index in [-0.39, 0.29) is 17.4 Å². The molecule has 2 atom stereocenters. The minimum atomic E-state index is -0.519. The Bertz CT molecular complexity index is 635. The lowest BCUT2D eigenvalue weighted by Gasteiger charge is -2.37. The third kappa shape index (κ3) is 3.02. The van der Waals surface area contributed by atoms with Crippen LogP contribution in [0.4, 0.5) is 10.1 Å². The molecule has 23 heavy (non-hydrogen) atoms. The van der Waals surface area contributed by atoms with Crippen molar-refractivity contribution in [3.63, 3.8) is 0 Å². The highest BCUT2D eigenvalue weighted by Gasteiger charge is 2.35. The van der Waals surface area contributed by atoms with E-state index in [1.54, 1.807) is 17.0 Å². The SMILES string of the molecule is N#Cc1c(F)cccc1N1CCN(C(=O)C2CCCC2O)CC1. The fourth-order valence-electron chi connectivity index (χ4n) is 3.52. The normalized spacial score (nSPS) is 24.6. The van der Waals surface area contributed by atoms with Crippen molar-refractivity contribution in [3.05, 3.63) is 29.6 Å². The molecule has 2 fully saturated rings.